The Labute approximate surface area is 109 Å². The van der Waals surface area contributed by atoms with E-state index >= 15 is 0 Å². The molecule has 0 aliphatic heterocycles. The fourth-order valence-corrected chi connectivity index (χ4v) is 2.06. The second-order valence-electron chi connectivity index (χ2n) is 4.61. The van der Waals surface area contributed by atoms with E-state index in [-0.39, 0.29) is 0 Å². The lowest BCUT2D eigenvalue weighted by Gasteiger charge is -2.07. The van der Waals surface area contributed by atoms with E-state index in [1.807, 2.05) is 0 Å². The number of hydrogen-bond acceptors (Lipinski definition) is 2. The smallest absolute Gasteiger partial charge is 0.0206 e. The topological polar surface area (TPSA) is 24.1 Å². The normalized spacial score (nSPS) is 10.9. The van der Waals surface area contributed by atoms with Crippen LogP contribution in [-0.4, -0.2) is 19.6 Å². The molecule has 0 bridgehead atoms. The molecule has 0 atom stereocenters. The highest BCUT2D eigenvalue weighted by Crippen LogP contribution is 2.15. The Hall–Kier alpha value is -1.38. The third kappa shape index (κ3) is 3.83. The van der Waals surface area contributed by atoms with Gasteiger partial charge >= 0.3 is 0 Å². The summed E-state index contributed by atoms with van der Waals surface area (Å²) in [7, 11) is 0. The van der Waals surface area contributed by atoms with Gasteiger partial charge in [-0.25, -0.2) is 0 Å². The first kappa shape index (κ1) is 13.1. The Bertz CT molecular complexity index is 479. The summed E-state index contributed by atoms with van der Waals surface area (Å²) in [6, 6.07) is 15.2. The molecule has 0 saturated carbocycles. The summed E-state index contributed by atoms with van der Waals surface area (Å²) in [5.74, 6) is 0. The maximum atomic E-state index is 3.46. The van der Waals surface area contributed by atoms with Crippen LogP contribution in [0.4, 0.5) is 0 Å². The van der Waals surface area contributed by atoms with E-state index in [1.54, 1.807) is 0 Å². The van der Waals surface area contributed by atoms with Crippen LogP contribution < -0.4 is 10.6 Å². The van der Waals surface area contributed by atoms with Crippen LogP contribution in [0.15, 0.2) is 42.5 Å². The molecule has 0 radical (unpaired) electrons. The van der Waals surface area contributed by atoms with E-state index in [0.717, 1.165) is 26.2 Å². The van der Waals surface area contributed by atoms with Gasteiger partial charge < -0.3 is 10.6 Å². The number of hydrogen-bond donors (Lipinski definition) is 2. The van der Waals surface area contributed by atoms with Gasteiger partial charge in [-0.2, -0.15) is 0 Å². The number of benzene rings is 2. The van der Waals surface area contributed by atoms with E-state index in [1.165, 1.54) is 22.8 Å². The van der Waals surface area contributed by atoms with E-state index in [2.05, 4.69) is 60.0 Å². The molecule has 0 unspecified atom stereocenters. The van der Waals surface area contributed by atoms with Crippen LogP contribution in [0.5, 0.6) is 0 Å². The third-order valence-electron chi connectivity index (χ3n) is 3.05. The molecule has 2 aromatic carbocycles. The van der Waals surface area contributed by atoms with Crippen LogP contribution in [0, 0.1) is 0 Å². The third-order valence-corrected chi connectivity index (χ3v) is 3.05. The summed E-state index contributed by atoms with van der Waals surface area (Å²) >= 11 is 0. The standard InChI is InChI=1S/C16H22N2/c1-2-9-17-10-11-18-13-14-7-8-15-5-3-4-6-16(15)12-14/h3-8,12,17-18H,2,9-11,13H2,1H3. The van der Waals surface area contributed by atoms with Gasteiger partial charge in [0.1, 0.15) is 0 Å². The van der Waals surface area contributed by atoms with Gasteiger partial charge in [-0.3, -0.25) is 0 Å². The molecule has 18 heavy (non-hydrogen) atoms. The van der Waals surface area contributed by atoms with Crippen LogP contribution in [0.2, 0.25) is 0 Å². The van der Waals surface area contributed by atoms with Crippen molar-refractivity contribution in [2.75, 3.05) is 19.6 Å². The van der Waals surface area contributed by atoms with Gasteiger partial charge in [0.05, 0.1) is 0 Å². The van der Waals surface area contributed by atoms with Crippen LogP contribution in [0.1, 0.15) is 18.9 Å². The molecule has 2 rings (SSSR count). The zero-order chi connectivity index (χ0) is 12.6. The van der Waals surface area contributed by atoms with Crippen molar-refractivity contribution in [2.45, 2.75) is 19.9 Å². The largest absolute Gasteiger partial charge is 0.315 e. The number of nitrogens with one attached hydrogen (secondary N) is 2. The second-order valence-corrected chi connectivity index (χ2v) is 4.61. The first-order chi connectivity index (χ1) is 8.90. The molecule has 0 heterocycles. The molecule has 0 aliphatic carbocycles. The average Bonchev–Trinajstić information content (AvgIpc) is 2.42. The lowest BCUT2D eigenvalue weighted by molar-refractivity contribution is 0.607. The molecule has 2 aromatic rings. The summed E-state index contributed by atoms with van der Waals surface area (Å²) in [6.45, 7) is 6.31. The number of fused-ring (bicyclic) bond motifs is 1. The van der Waals surface area contributed by atoms with E-state index in [4.69, 9.17) is 0 Å². The summed E-state index contributed by atoms with van der Waals surface area (Å²) < 4.78 is 0. The fraction of sp³-hybridized carbons (Fsp3) is 0.375. The second kappa shape index (κ2) is 7.14. The quantitative estimate of drug-likeness (QED) is 0.729. The van der Waals surface area contributed by atoms with Crippen LogP contribution in [0.25, 0.3) is 10.8 Å². The predicted molar refractivity (Wildman–Crippen MR) is 78.8 cm³/mol. The zero-order valence-corrected chi connectivity index (χ0v) is 11.1. The molecular formula is C16H22N2. The Morgan fingerprint density at radius 1 is 0.833 bits per heavy atom. The minimum atomic E-state index is 0.943. The Balaban J connectivity index is 1.81. The molecule has 96 valence electrons. The maximum absolute atomic E-state index is 3.46. The van der Waals surface area contributed by atoms with Crippen molar-refractivity contribution in [3.63, 3.8) is 0 Å². The first-order valence-electron chi connectivity index (χ1n) is 6.79. The highest BCUT2D eigenvalue weighted by atomic mass is 14.9. The van der Waals surface area contributed by atoms with E-state index in [9.17, 15) is 0 Å². The molecule has 0 saturated heterocycles. The van der Waals surface area contributed by atoms with Crippen LogP contribution >= 0.6 is 0 Å². The highest BCUT2D eigenvalue weighted by molar-refractivity contribution is 5.82. The zero-order valence-electron chi connectivity index (χ0n) is 11.1. The molecule has 2 heteroatoms. The lowest BCUT2D eigenvalue weighted by Crippen LogP contribution is -2.27. The van der Waals surface area contributed by atoms with Crippen molar-refractivity contribution in [1.29, 1.82) is 0 Å². The monoisotopic (exact) mass is 242 g/mol. The van der Waals surface area contributed by atoms with Crippen molar-refractivity contribution < 1.29 is 0 Å². The highest BCUT2D eigenvalue weighted by Gasteiger charge is 1.95. The predicted octanol–water partition coefficient (Wildman–Crippen LogP) is 2.93. The van der Waals surface area contributed by atoms with Gasteiger partial charge in [-0.15, -0.1) is 0 Å². The fourth-order valence-electron chi connectivity index (χ4n) is 2.06. The first-order valence-corrected chi connectivity index (χ1v) is 6.79. The Morgan fingerprint density at radius 3 is 2.44 bits per heavy atom. The molecule has 2 nitrogen and oxygen atoms in total. The van der Waals surface area contributed by atoms with Crippen molar-refractivity contribution in [3.8, 4) is 0 Å². The molecule has 2 N–H and O–H groups in total. The Kier molecular flexibility index (Phi) is 5.18. The molecule has 0 aromatic heterocycles. The molecule has 0 fully saturated rings. The van der Waals surface area contributed by atoms with Gasteiger partial charge in [0, 0.05) is 19.6 Å². The van der Waals surface area contributed by atoms with Crippen LogP contribution in [0.3, 0.4) is 0 Å². The van der Waals surface area contributed by atoms with Gasteiger partial charge in [0.25, 0.3) is 0 Å². The summed E-state index contributed by atoms with van der Waals surface area (Å²) in [5, 5.41) is 9.48. The lowest BCUT2D eigenvalue weighted by atomic mass is 10.1. The molecule has 0 spiro atoms. The summed E-state index contributed by atoms with van der Waals surface area (Å²) in [6.07, 6.45) is 1.20. The average molecular weight is 242 g/mol. The minimum Gasteiger partial charge on any atom is -0.315 e. The van der Waals surface area contributed by atoms with Gasteiger partial charge in [-0.1, -0.05) is 43.3 Å². The SMILES string of the molecule is CCCNCCNCc1ccc2ccccc2c1. The Morgan fingerprint density at radius 2 is 1.61 bits per heavy atom. The molecule has 0 aliphatic rings. The summed E-state index contributed by atoms with van der Waals surface area (Å²) in [5.41, 5.74) is 1.35. The summed E-state index contributed by atoms with van der Waals surface area (Å²) in [4.78, 5) is 0. The van der Waals surface area contributed by atoms with Gasteiger partial charge in [-0.05, 0) is 35.4 Å². The van der Waals surface area contributed by atoms with Crippen LogP contribution in [-0.2, 0) is 6.54 Å². The van der Waals surface area contributed by atoms with Crippen molar-refractivity contribution in [3.05, 3.63) is 48.0 Å². The maximum Gasteiger partial charge on any atom is 0.0206 e. The van der Waals surface area contributed by atoms with E-state index in [0.29, 0.717) is 0 Å². The number of rotatable bonds is 7. The van der Waals surface area contributed by atoms with Crippen molar-refractivity contribution >= 4 is 10.8 Å². The molecule has 0 amide bonds. The molecular weight excluding hydrogens is 220 g/mol. The minimum absolute atomic E-state index is 0.943. The van der Waals surface area contributed by atoms with E-state index < -0.39 is 0 Å². The van der Waals surface area contributed by atoms with Gasteiger partial charge in [0.2, 0.25) is 0 Å². The van der Waals surface area contributed by atoms with Crippen molar-refractivity contribution in [1.82, 2.24) is 10.6 Å². The van der Waals surface area contributed by atoms with Gasteiger partial charge in [0.15, 0.2) is 0 Å². The van der Waals surface area contributed by atoms with Crippen molar-refractivity contribution in [2.24, 2.45) is 0 Å².